The molecule has 0 aliphatic heterocycles. The molecule has 0 amide bonds. The van der Waals surface area contributed by atoms with Gasteiger partial charge in [-0.15, -0.1) is 0 Å². The zero-order chi connectivity index (χ0) is 14.2. The summed E-state index contributed by atoms with van der Waals surface area (Å²) in [6.07, 6.45) is -4.41. The monoisotopic (exact) mass is 271 g/mol. The lowest BCUT2D eigenvalue weighted by Crippen LogP contribution is -2.06. The van der Waals surface area contributed by atoms with Crippen LogP contribution in [0.25, 0.3) is 10.9 Å². The molecule has 0 aliphatic rings. The van der Waals surface area contributed by atoms with Crippen LogP contribution in [0.1, 0.15) is 28.5 Å². The number of carbonyl (C=O) groups excluding carboxylic acids is 1. The van der Waals surface area contributed by atoms with Crippen LogP contribution in [0.2, 0.25) is 0 Å². The number of hydrogen-bond donors (Lipinski definition) is 1. The van der Waals surface area contributed by atoms with Gasteiger partial charge in [0, 0.05) is 16.6 Å². The van der Waals surface area contributed by atoms with E-state index in [-0.39, 0.29) is 17.7 Å². The predicted molar refractivity (Wildman–Crippen MR) is 64.0 cm³/mol. The number of aryl methyl sites for hydroxylation is 1. The molecule has 102 valence electrons. The Kier molecular flexibility index (Phi) is 3.26. The maximum absolute atomic E-state index is 12.6. The predicted octanol–water partition coefficient (Wildman–Crippen LogP) is 3.67. The van der Waals surface area contributed by atoms with Gasteiger partial charge < -0.3 is 9.72 Å². The fourth-order valence-electron chi connectivity index (χ4n) is 1.97. The summed E-state index contributed by atoms with van der Waals surface area (Å²) < 4.78 is 42.7. The molecule has 0 fully saturated rings. The lowest BCUT2D eigenvalue weighted by molar-refractivity contribution is -0.137. The molecule has 1 heterocycles. The van der Waals surface area contributed by atoms with Crippen LogP contribution in [0, 0.1) is 6.92 Å². The van der Waals surface area contributed by atoms with Crippen molar-refractivity contribution in [2.75, 3.05) is 6.61 Å². The van der Waals surface area contributed by atoms with Crippen LogP contribution >= 0.6 is 0 Å². The van der Waals surface area contributed by atoms with Gasteiger partial charge in [-0.3, -0.25) is 0 Å². The highest BCUT2D eigenvalue weighted by Crippen LogP contribution is 2.32. The second-order valence-corrected chi connectivity index (χ2v) is 4.10. The number of rotatable bonds is 2. The minimum atomic E-state index is -4.41. The van der Waals surface area contributed by atoms with Crippen LogP contribution < -0.4 is 0 Å². The van der Waals surface area contributed by atoms with Crippen molar-refractivity contribution in [2.45, 2.75) is 20.0 Å². The number of fused-ring (bicyclic) bond motifs is 1. The van der Waals surface area contributed by atoms with Crippen molar-refractivity contribution in [3.8, 4) is 0 Å². The van der Waals surface area contributed by atoms with E-state index in [1.54, 1.807) is 13.8 Å². The van der Waals surface area contributed by atoms with E-state index in [0.29, 0.717) is 11.1 Å². The van der Waals surface area contributed by atoms with Gasteiger partial charge in [0.2, 0.25) is 0 Å². The molecule has 0 bridgehead atoms. The highest BCUT2D eigenvalue weighted by molar-refractivity contribution is 6.05. The zero-order valence-corrected chi connectivity index (χ0v) is 10.4. The number of aromatic amines is 1. The van der Waals surface area contributed by atoms with Gasteiger partial charge in [-0.2, -0.15) is 13.2 Å². The molecule has 2 rings (SSSR count). The summed E-state index contributed by atoms with van der Waals surface area (Å²) in [5.41, 5.74) is 0.297. The molecule has 0 saturated carbocycles. The van der Waals surface area contributed by atoms with Gasteiger partial charge in [-0.05, 0) is 26.0 Å². The maximum Gasteiger partial charge on any atom is 0.416 e. The summed E-state index contributed by atoms with van der Waals surface area (Å²) in [5, 5.41) is 0.434. The van der Waals surface area contributed by atoms with Crippen molar-refractivity contribution in [2.24, 2.45) is 0 Å². The number of H-pyrrole nitrogens is 1. The number of alkyl halides is 3. The highest BCUT2D eigenvalue weighted by Gasteiger charge is 2.31. The summed E-state index contributed by atoms with van der Waals surface area (Å²) in [4.78, 5) is 14.5. The molecule has 0 spiro atoms. The first-order valence-corrected chi connectivity index (χ1v) is 5.71. The lowest BCUT2D eigenvalue weighted by atomic mass is 10.1. The van der Waals surface area contributed by atoms with Gasteiger partial charge in [0.15, 0.2) is 0 Å². The molecule has 6 heteroatoms. The molecule has 1 N–H and O–H groups in total. The number of ether oxygens (including phenoxy) is 1. The van der Waals surface area contributed by atoms with E-state index in [1.807, 2.05) is 0 Å². The summed E-state index contributed by atoms with van der Waals surface area (Å²) in [6.45, 7) is 3.51. The average Bonchev–Trinajstić information content (AvgIpc) is 2.62. The Morgan fingerprint density at radius 3 is 2.63 bits per heavy atom. The minimum Gasteiger partial charge on any atom is -0.462 e. The van der Waals surface area contributed by atoms with Gasteiger partial charge >= 0.3 is 12.1 Å². The molecule has 2 aromatic rings. The summed E-state index contributed by atoms with van der Waals surface area (Å²) >= 11 is 0. The smallest absolute Gasteiger partial charge is 0.416 e. The Bertz CT molecular complexity index is 629. The zero-order valence-electron chi connectivity index (χ0n) is 10.4. The van der Waals surface area contributed by atoms with Crippen LogP contribution in [0.15, 0.2) is 18.2 Å². The summed E-state index contributed by atoms with van der Waals surface area (Å²) in [6, 6.07) is 3.23. The largest absolute Gasteiger partial charge is 0.462 e. The van der Waals surface area contributed by atoms with E-state index >= 15 is 0 Å². The van der Waals surface area contributed by atoms with Crippen molar-refractivity contribution >= 4 is 16.9 Å². The van der Waals surface area contributed by atoms with Gasteiger partial charge in [0.1, 0.15) is 0 Å². The van der Waals surface area contributed by atoms with Crippen LogP contribution in [0.5, 0.6) is 0 Å². The molecular weight excluding hydrogens is 259 g/mol. The standard InChI is InChI=1S/C13H12F3NO2/c1-3-19-12(18)11-7(2)17-10-6-8(13(14,15)16)4-5-9(10)11/h4-6,17H,3H2,1-2H3. The van der Waals surface area contributed by atoms with Gasteiger partial charge in [0.05, 0.1) is 17.7 Å². The number of aromatic nitrogens is 1. The van der Waals surface area contributed by atoms with Gasteiger partial charge in [-0.25, -0.2) is 4.79 Å². The second kappa shape index (κ2) is 4.60. The molecular formula is C13H12F3NO2. The summed E-state index contributed by atoms with van der Waals surface area (Å²) in [5.74, 6) is -0.536. The Hall–Kier alpha value is -1.98. The third kappa shape index (κ3) is 2.43. The van der Waals surface area contributed by atoms with Crippen LogP contribution in [-0.2, 0) is 10.9 Å². The third-order valence-corrected chi connectivity index (χ3v) is 2.79. The Labute approximate surface area is 107 Å². The Morgan fingerprint density at radius 2 is 2.05 bits per heavy atom. The van der Waals surface area contributed by atoms with E-state index in [4.69, 9.17) is 4.74 Å². The number of carbonyl (C=O) groups is 1. The molecule has 0 radical (unpaired) electrons. The Morgan fingerprint density at radius 1 is 1.37 bits per heavy atom. The molecule has 1 aromatic heterocycles. The van der Waals surface area contributed by atoms with Crippen molar-refractivity contribution < 1.29 is 22.7 Å². The van der Waals surface area contributed by atoms with Crippen LogP contribution in [0.4, 0.5) is 13.2 Å². The van der Waals surface area contributed by atoms with Crippen molar-refractivity contribution in [1.82, 2.24) is 4.98 Å². The molecule has 0 atom stereocenters. The molecule has 1 aromatic carbocycles. The van der Waals surface area contributed by atoms with E-state index in [0.717, 1.165) is 12.1 Å². The van der Waals surface area contributed by atoms with Crippen molar-refractivity contribution in [3.63, 3.8) is 0 Å². The number of halogens is 3. The number of hydrogen-bond acceptors (Lipinski definition) is 2. The normalized spacial score (nSPS) is 11.8. The van der Waals surface area contributed by atoms with Gasteiger partial charge in [0.25, 0.3) is 0 Å². The lowest BCUT2D eigenvalue weighted by Gasteiger charge is -2.06. The molecule has 0 aliphatic carbocycles. The number of nitrogens with one attached hydrogen (secondary N) is 1. The topological polar surface area (TPSA) is 42.1 Å². The third-order valence-electron chi connectivity index (χ3n) is 2.79. The first kappa shape index (κ1) is 13.5. The van der Waals surface area contributed by atoms with Crippen LogP contribution in [0.3, 0.4) is 0 Å². The second-order valence-electron chi connectivity index (χ2n) is 4.10. The fraction of sp³-hybridized carbons (Fsp3) is 0.308. The SMILES string of the molecule is CCOC(=O)c1c(C)[nH]c2cc(C(F)(F)F)ccc12. The molecule has 3 nitrogen and oxygen atoms in total. The molecule has 0 unspecified atom stereocenters. The van der Waals surface area contributed by atoms with Crippen molar-refractivity contribution in [3.05, 3.63) is 35.0 Å². The quantitative estimate of drug-likeness (QED) is 0.847. The Balaban J connectivity index is 2.57. The van der Waals surface area contributed by atoms with Crippen LogP contribution in [-0.4, -0.2) is 17.6 Å². The number of esters is 1. The average molecular weight is 271 g/mol. The minimum absolute atomic E-state index is 0.214. The van der Waals surface area contributed by atoms with Gasteiger partial charge in [-0.1, -0.05) is 6.07 Å². The fourth-order valence-corrected chi connectivity index (χ4v) is 1.97. The first-order valence-electron chi connectivity index (χ1n) is 5.71. The number of benzene rings is 1. The molecule has 19 heavy (non-hydrogen) atoms. The van der Waals surface area contributed by atoms with Crippen molar-refractivity contribution in [1.29, 1.82) is 0 Å². The first-order chi connectivity index (χ1) is 8.84. The van der Waals surface area contributed by atoms with E-state index in [2.05, 4.69) is 4.98 Å². The summed E-state index contributed by atoms with van der Waals surface area (Å²) in [7, 11) is 0. The molecule has 0 saturated heterocycles. The van der Waals surface area contributed by atoms with E-state index in [9.17, 15) is 18.0 Å². The van der Waals surface area contributed by atoms with E-state index in [1.165, 1.54) is 6.07 Å². The van der Waals surface area contributed by atoms with E-state index < -0.39 is 17.7 Å². The highest BCUT2D eigenvalue weighted by atomic mass is 19.4. The maximum atomic E-state index is 12.6.